The second-order valence-electron chi connectivity index (χ2n) is 6.45. The van der Waals surface area contributed by atoms with Gasteiger partial charge in [-0.15, -0.1) is 0 Å². The maximum absolute atomic E-state index is 12.5. The number of pyridine rings is 1. The van der Waals surface area contributed by atoms with E-state index in [0.29, 0.717) is 17.8 Å². The largest absolute Gasteiger partial charge is 0.348 e. The fraction of sp³-hybridized carbons (Fsp3) is 0.350. The zero-order chi connectivity index (χ0) is 17.6. The molecule has 1 aromatic heterocycles. The van der Waals surface area contributed by atoms with Crippen molar-refractivity contribution < 1.29 is 9.59 Å². The van der Waals surface area contributed by atoms with Gasteiger partial charge in [0.25, 0.3) is 11.8 Å². The summed E-state index contributed by atoms with van der Waals surface area (Å²) in [5, 5.41) is 2.89. The molecule has 1 fully saturated rings. The van der Waals surface area contributed by atoms with Crippen molar-refractivity contribution in [3.05, 3.63) is 65.0 Å². The lowest BCUT2D eigenvalue weighted by Gasteiger charge is -2.26. The average Bonchev–Trinajstić information content (AvgIpc) is 2.67. The molecule has 130 valence electrons. The highest BCUT2D eigenvalue weighted by atomic mass is 16.2. The van der Waals surface area contributed by atoms with Crippen molar-refractivity contribution in [1.82, 2.24) is 15.2 Å². The molecule has 1 aliphatic heterocycles. The Hall–Kier alpha value is -2.69. The van der Waals surface area contributed by atoms with Crippen LogP contribution in [-0.2, 0) is 6.54 Å². The molecule has 0 aliphatic carbocycles. The summed E-state index contributed by atoms with van der Waals surface area (Å²) in [5.74, 6) is -0.288. The molecule has 5 heteroatoms. The molecular formula is C20H23N3O2. The van der Waals surface area contributed by atoms with Crippen LogP contribution in [0.3, 0.4) is 0 Å². The molecule has 0 saturated carbocycles. The molecule has 0 radical (unpaired) electrons. The molecule has 1 saturated heterocycles. The maximum atomic E-state index is 12.5. The van der Waals surface area contributed by atoms with E-state index in [4.69, 9.17) is 0 Å². The van der Waals surface area contributed by atoms with Crippen LogP contribution in [0.5, 0.6) is 0 Å². The minimum absolute atomic E-state index is 0.0899. The Kier molecular flexibility index (Phi) is 5.43. The van der Waals surface area contributed by atoms with Gasteiger partial charge in [-0.05, 0) is 43.9 Å². The highest BCUT2D eigenvalue weighted by Crippen LogP contribution is 2.13. The molecule has 1 aliphatic rings. The third-order valence-electron chi connectivity index (χ3n) is 4.46. The van der Waals surface area contributed by atoms with Crippen molar-refractivity contribution in [3.63, 3.8) is 0 Å². The minimum Gasteiger partial charge on any atom is -0.348 e. The first-order valence-corrected chi connectivity index (χ1v) is 8.72. The van der Waals surface area contributed by atoms with Crippen LogP contribution >= 0.6 is 0 Å². The third-order valence-corrected chi connectivity index (χ3v) is 4.46. The lowest BCUT2D eigenvalue weighted by molar-refractivity contribution is 0.0718. The van der Waals surface area contributed by atoms with Gasteiger partial charge in [-0.1, -0.05) is 29.8 Å². The van der Waals surface area contributed by atoms with E-state index >= 15 is 0 Å². The number of aromatic nitrogens is 1. The number of hydrogen-bond acceptors (Lipinski definition) is 3. The molecule has 0 atom stereocenters. The first-order valence-electron chi connectivity index (χ1n) is 8.72. The molecule has 2 heterocycles. The van der Waals surface area contributed by atoms with Crippen LogP contribution in [0.2, 0.25) is 0 Å². The van der Waals surface area contributed by atoms with Gasteiger partial charge in [0.05, 0.1) is 0 Å². The number of benzene rings is 1. The topological polar surface area (TPSA) is 62.3 Å². The van der Waals surface area contributed by atoms with Gasteiger partial charge in [-0.2, -0.15) is 0 Å². The van der Waals surface area contributed by atoms with Gasteiger partial charge in [-0.3, -0.25) is 14.6 Å². The Bertz CT molecular complexity index is 750. The lowest BCUT2D eigenvalue weighted by Crippen LogP contribution is -2.36. The van der Waals surface area contributed by atoms with Crippen LogP contribution in [-0.4, -0.2) is 34.8 Å². The van der Waals surface area contributed by atoms with E-state index in [1.165, 1.54) is 18.2 Å². The Balaban J connectivity index is 1.64. The Morgan fingerprint density at radius 2 is 1.80 bits per heavy atom. The van der Waals surface area contributed by atoms with Gasteiger partial charge >= 0.3 is 0 Å². The number of aryl methyl sites for hydroxylation is 1. The second-order valence-corrected chi connectivity index (χ2v) is 6.45. The fourth-order valence-electron chi connectivity index (χ4n) is 2.94. The second kappa shape index (κ2) is 7.92. The Morgan fingerprint density at radius 1 is 1.08 bits per heavy atom. The van der Waals surface area contributed by atoms with E-state index in [1.54, 1.807) is 12.1 Å². The first kappa shape index (κ1) is 17.1. The number of hydrogen-bond donors (Lipinski definition) is 1. The zero-order valence-electron chi connectivity index (χ0n) is 14.5. The van der Waals surface area contributed by atoms with E-state index in [2.05, 4.69) is 10.3 Å². The molecule has 0 bridgehead atoms. The Morgan fingerprint density at radius 3 is 2.52 bits per heavy atom. The van der Waals surface area contributed by atoms with Crippen molar-refractivity contribution in [2.45, 2.75) is 32.7 Å². The molecule has 0 unspecified atom stereocenters. The van der Waals surface area contributed by atoms with E-state index in [0.717, 1.165) is 31.5 Å². The predicted octanol–water partition coefficient (Wildman–Crippen LogP) is 2.95. The molecule has 3 rings (SSSR count). The first-order chi connectivity index (χ1) is 12.1. The van der Waals surface area contributed by atoms with Crippen LogP contribution in [0.25, 0.3) is 0 Å². The fourth-order valence-corrected chi connectivity index (χ4v) is 2.94. The zero-order valence-corrected chi connectivity index (χ0v) is 14.5. The summed E-state index contributed by atoms with van der Waals surface area (Å²) in [6.45, 7) is 4.02. The molecule has 0 spiro atoms. The average molecular weight is 337 g/mol. The normalized spacial score (nSPS) is 14.2. The van der Waals surface area contributed by atoms with Crippen molar-refractivity contribution in [2.75, 3.05) is 13.1 Å². The highest BCUT2D eigenvalue weighted by Gasteiger charge is 2.20. The molecule has 5 nitrogen and oxygen atoms in total. The Labute approximate surface area is 148 Å². The van der Waals surface area contributed by atoms with Crippen molar-refractivity contribution in [1.29, 1.82) is 0 Å². The van der Waals surface area contributed by atoms with Gasteiger partial charge in [0.2, 0.25) is 0 Å². The number of rotatable bonds is 4. The summed E-state index contributed by atoms with van der Waals surface area (Å²) in [5.41, 5.74) is 3.02. The van der Waals surface area contributed by atoms with Crippen molar-refractivity contribution in [2.24, 2.45) is 0 Å². The summed E-state index contributed by atoms with van der Waals surface area (Å²) in [6, 6.07) is 11.2. The minimum atomic E-state index is -0.198. The molecule has 1 aromatic carbocycles. The van der Waals surface area contributed by atoms with Gasteiger partial charge in [0.15, 0.2) is 0 Å². The van der Waals surface area contributed by atoms with Crippen LogP contribution in [0, 0.1) is 6.92 Å². The monoisotopic (exact) mass is 337 g/mol. The van der Waals surface area contributed by atoms with Crippen LogP contribution in [0.15, 0.2) is 42.6 Å². The van der Waals surface area contributed by atoms with Crippen LogP contribution < -0.4 is 5.32 Å². The third kappa shape index (κ3) is 4.44. The van der Waals surface area contributed by atoms with Crippen LogP contribution in [0.4, 0.5) is 0 Å². The number of nitrogens with zero attached hydrogens (tertiary/aromatic N) is 2. The summed E-state index contributed by atoms with van der Waals surface area (Å²) < 4.78 is 0. The number of piperidine rings is 1. The van der Waals surface area contributed by atoms with Crippen LogP contribution in [0.1, 0.15) is 51.2 Å². The van der Waals surface area contributed by atoms with E-state index < -0.39 is 0 Å². The van der Waals surface area contributed by atoms with Crippen molar-refractivity contribution >= 4 is 11.8 Å². The maximum Gasteiger partial charge on any atom is 0.272 e. The summed E-state index contributed by atoms with van der Waals surface area (Å²) in [6.07, 6.45) is 4.75. The van der Waals surface area contributed by atoms with E-state index in [-0.39, 0.29) is 11.8 Å². The summed E-state index contributed by atoms with van der Waals surface area (Å²) >= 11 is 0. The number of carbonyl (C=O) groups excluding carboxylic acids is 2. The molecule has 2 aromatic rings. The smallest absolute Gasteiger partial charge is 0.272 e. The molecule has 2 amide bonds. The summed E-state index contributed by atoms with van der Waals surface area (Å²) in [4.78, 5) is 30.9. The van der Waals surface area contributed by atoms with Gasteiger partial charge in [-0.25, -0.2) is 0 Å². The predicted molar refractivity (Wildman–Crippen MR) is 96.3 cm³/mol. The number of carbonyl (C=O) groups is 2. The molecular weight excluding hydrogens is 314 g/mol. The highest BCUT2D eigenvalue weighted by molar-refractivity contribution is 5.98. The molecule has 1 N–H and O–H groups in total. The number of nitrogens with one attached hydrogen (secondary N) is 1. The van der Waals surface area contributed by atoms with Gasteiger partial charge in [0, 0.05) is 31.4 Å². The standard InChI is InChI=1S/C20H23N3O2/c1-15-5-7-16(8-6-15)14-22-19(24)17-9-10-21-18(13-17)20(25)23-11-3-2-4-12-23/h5-10,13H,2-4,11-12,14H2,1H3,(H,22,24). The molecule has 25 heavy (non-hydrogen) atoms. The summed E-state index contributed by atoms with van der Waals surface area (Å²) in [7, 11) is 0. The van der Waals surface area contributed by atoms with Crippen molar-refractivity contribution in [3.8, 4) is 0 Å². The SMILES string of the molecule is Cc1ccc(CNC(=O)c2ccnc(C(=O)N3CCCCC3)c2)cc1. The van der Waals surface area contributed by atoms with E-state index in [1.807, 2.05) is 36.1 Å². The van der Waals surface area contributed by atoms with Gasteiger partial charge in [0.1, 0.15) is 5.69 Å². The number of likely N-dealkylation sites (tertiary alicyclic amines) is 1. The lowest BCUT2D eigenvalue weighted by atomic mass is 10.1. The van der Waals surface area contributed by atoms with Gasteiger partial charge < -0.3 is 10.2 Å². The van der Waals surface area contributed by atoms with E-state index in [9.17, 15) is 9.59 Å². The quantitative estimate of drug-likeness (QED) is 0.933. The number of amides is 2.